The smallest absolute Gasteiger partial charge is 0.374 e. The van der Waals surface area contributed by atoms with Crippen molar-refractivity contribution in [3.05, 3.63) is 41.6 Å². The standard InChI is InChI=1S/C17H22F3N3O2/c1-11(2)25-10-12-7-5-6-8-14(12)21-16(24)13-9-22(3)23(4)15(13)17(18,19)20/h5-9,11,15H,10H2,1-4H3,(H,21,24). The van der Waals surface area contributed by atoms with E-state index in [1.807, 2.05) is 13.8 Å². The minimum absolute atomic E-state index is 0.00166. The summed E-state index contributed by atoms with van der Waals surface area (Å²) >= 11 is 0. The van der Waals surface area contributed by atoms with Crippen molar-refractivity contribution in [2.75, 3.05) is 19.4 Å². The number of amides is 1. The summed E-state index contributed by atoms with van der Waals surface area (Å²) in [5, 5.41) is 4.80. The zero-order chi connectivity index (χ0) is 18.8. The number of halogens is 3. The average Bonchev–Trinajstić information content (AvgIpc) is 2.82. The molecular formula is C17H22F3N3O2. The van der Waals surface area contributed by atoms with Crippen molar-refractivity contribution in [3.63, 3.8) is 0 Å². The number of rotatable bonds is 5. The Morgan fingerprint density at radius 2 is 1.92 bits per heavy atom. The zero-order valence-corrected chi connectivity index (χ0v) is 14.6. The Balaban J connectivity index is 2.21. The maximum atomic E-state index is 13.3. The molecule has 0 aliphatic carbocycles. The van der Waals surface area contributed by atoms with Crippen LogP contribution in [0, 0.1) is 0 Å². The minimum Gasteiger partial charge on any atom is -0.374 e. The highest BCUT2D eigenvalue weighted by Crippen LogP contribution is 2.34. The lowest BCUT2D eigenvalue weighted by atomic mass is 10.1. The largest absolute Gasteiger partial charge is 0.410 e. The van der Waals surface area contributed by atoms with Gasteiger partial charge in [-0.25, -0.2) is 5.01 Å². The van der Waals surface area contributed by atoms with Gasteiger partial charge in [0.25, 0.3) is 5.91 Å². The van der Waals surface area contributed by atoms with Crippen molar-refractivity contribution in [1.29, 1.82) is 0 Å². The highest BCUT2D eigenvalue weighted by molar-refractivity contribution is 6.05. The molecular weight excluding hydrogens is 335 g/mol. The normalized spacial score (nSPS) is 18.6. The summed E-state index contributed by atoms with van der Waals surface area (Å²) < 4.78 is 45.5. The van der Waals surface area contributed by atoms with Gasteiger partial charge in [0.15, 0.2) is 6.04 Å². The van der Waals surface area contributed by atoms with Crippen molar-refractivity contribution >= 4 is 11.6 Å². The van der Waals surface area contributed by atoms with E-state index in [4.69, 9.17) is 4.74 Å². The molecule has 1 aliphatic rings. The van der Waals surface area contributed by atoms with Gasteiger partial charge in [-0.2, -0.15) is 13.2 Å². The summed E-state index contributed by atoms with van der Waals surface area (Å²) in [5.74, 6) is -0.782. The summed E-state index contributed by atoms with van der Waals surface area (Å²) in [7, 11) is 2.75. The van der Waals surface area contributed by atoms with Gasteiger partial charge < -0.3 is 15.1 Å². The zero-order valence-electron chi connectivity index (χ0n) is 14.6. The number of nitrogens with one attached hydrogen (secondary N) is 1. The Hall–Kier alpha value is -2.06. The fraction of sp³-hybridized carbons (Fsp3) is 0.471. The van der Waals surface area contributed by atoms with Crippen LogP contribution in [0.1, 0.15) is 19.4 Å². The molecule has 0 saturated heterocycles. The van der Waals surface area contributed by atoms with Gasteiger partial charge in [0.05, 0.1) is 18.3 Å². The number of alkyl halides is 3. The van der Waals surface area contributed by atoms with E-state index >= 15 is 0 Å². The number of carbonyl (C=O) groups excluding carboxylic acids is 1. The number of likely N-dealkylation sites (N-methyl/N-ethyl adjacent to an activating group) is 1. The number of hydrazine groups is 1. The lowest BCUT2D eigenvalue weighted by Crippen LogP contribution is -2.47. The van der Waals surface area contributed by atoms with E-state index in [0.717, 1.165) is 5.01 Å². The third-order valence-electron chi connectivity index (χ3n) is 3.90. The van der Waals surface area contributed by atoms with Crippen LogP contribution in [0.4, 0.5) is 18.9 Å². The number of para-hydroxylation sites is 1. The van der Waals surface area contributed by atoms with E-state index in [0.29, 0.717) is 11.3 Å². The van der Waals surface area contributed by atoms with Crippen molar-refractivity contribution in [2.24, 2.45) is 0 Å². The van der Waals surface area contributed by atoms with Gasteiger partial charge in [-0.05, 0) is 19.9 Å². The van der Waals surface area contributed by atoms with Crippen LogP contribution in [0.15, 0.2) is 36.0 Å². The van der Waals surface area contributed by atoms with E-state index in [9.17, 15) is 18.0 Å². The van der Waals surface area contributed by atoms with E-state index in [2.05, 4.69) is 5.32 Å². The molecule has 5 nitrogen and oxygen atoms in total. The van der Waals surface area contributed by atoms with Crippen LogP contribution in [0.25, 0.3) is 0 Å². The molecule has 1 N–H and O–H groups in total. The maximum absolute atomic E-state index is 13.3. The van der Waals surface area contributed by atoms with Gasteiger partial charge in [0, 0.05) is 31.5 Å². The second-order valence-electron chi connectivity index (χ2n) is 6.15. The Kier molecular flexibility index (Phi) is 5.74. The topological polar surface area (TPSA) is 44.8 Å². The molecule has 0 radical (unpaired) electrons. The van der Waals surface area contributed by atoms with Crippen molar-refractivity contribution in [2.45, 2.75) is 38.8 Å². The van der Waals surface area contributed by atoms with E-state index in [1.165, 1.54) is 25.3 Å². The van der Waals surface area contributed by atoms with Crippen LogP contribution in [0.3, 0.4) is 0 Å². The number of carbonyl (C=O) groups is 1. The third kappa shape index (κ3) is 4.52. The highest BCUT2D eigenvalue weighted by Gasteiger charge is 2.50. The van der Waals surface area contributed by atoms with Crippen LogP contribution in [-0.2, 0) is 16.1 Å². The molecule has 0 aromatic heterocycles. The molecule has 1 amide bonds. The number of hydrogen-bond acceptors (Lipinski definition) is 4. The predicted molar refractivity (Wildman–Crippen MR) is 88.4 cm³/mol. The number of hydrogen-bond donors (Lipinski definition) is 1. The SMILES string of the molecule is CC(C)OCc1ccccc1NC(=O)C1=CN(C)N(C)C1C(F)(F)F. The van der Waals surface area contributed by atoms with Gasteiger partial charge in [-0.3, -0.25) is 4.79 Å². The van der Waals surface area contributed by atoms with Gasteiger partial charge >= 0.3 is 6.18 Å². The molecule has 1 aromatic carbocycles. The first kappa shape index (κ1) is 19.3. The summed E-state index contributed by atoms with van der Waals surface area (Å²) in [6.07, 6.45) is -3.36. The summed E-state index contributed by atoms with van der Waals surface area (Å²) in [6.45, 7) is 4.02. The quantitative estimate of drug-likeness (QED) is 0.879. The van der Waals surface area contributed by atoms with Crippen molar-refractivity contribution in [3.8, 4) is 0 Å². The molecule has 0 spiro atoms. The molecule has 1 unspecified atom stereocenters. The van der Waals surface area contributed by atoms with Crippen LogP contribution in [0.5, 0.6) is 0 Å². The Morgan fingerprint density at radius 1 is 1.28 bits per heavy atom. The molecule has 25 heavy (non-hydrogen) atoms. The molecule has 1 aliphatic heterocycles. The Labute approximate surface area is 145 Å². The van der Waals surface area contributed by atoms with E-state index in [1.54, 1.807) is 24.3 Å². The molecule has 0 bridgehead atoms. The Bertz CT molecular complexity index is 659. The first-order valence-electron chi connectivity index (χ1n) is 7.86. The summed E-state index contributed by atoms with van der Waals surface area (Å²) in [6, 6.07) is 4.92. The number of anilines is 1. The maximum Gasteiger partial charge on any atom is 0.410 e. The van der Waals surface area contributed by atoms with Gasteiger partial charge in [0.1, 0.15) is 0 Å². The van der Waals surface area contributed by atoms with E-state index < -0.39 is 18.1 Å². The lowest BCUT2D eigenvalue weighted by Gasteiger charge is -2.28. The second-order valence-corrected chi connectivity index (χ2v) is 6.15. The fourth-order valence-corrected chi connectivity index (χ4v) is 2.54. The van der Waals surface area contributed by atoms with Gasteiger partial charge in [-0.15, -0.1) is 0 Å². The summed E-state index contributed by atoms with van der Waals surface area (Å²) in [4.78, 5) is 12.5. The van der Waals surface area contributed by atoms with Crippen molar-refractivity contribution in [1.82, 2.24) is 10.0 Å². The monoisotopic (exact) mass is 357 g/mol. The highest BCUT2D eigenvalue weighted by atomic mass is 19.4. The Morgan fingerprint density at radius 3 is 2.52 bits per heavy atom. The number of nitrogens with zero attached hydrogens (tertiary/aromatic N) is 2. The molecule has 0 saturated carbocycles. The van der Waals surface area contributed by atoms with Crippen LogP contribution in [-0.4, -0.2) is 48.3 Å². The van der Waals surface area contributed by atoms with E-state index in [-0.39, 0.29) is 18.3 Å². The molecule has 1 heterocycles. The van der Waals surface area contributed by atoms with Crippen LogP contribution >= 0.6 is 0 Å². The van der Waals surface area contributed by atoms with Gasteiger partial charge in [0.2, 0.25) is 0 Å². The minimum atomic E-state index is -4.55. The first-order chi connectivity index (χ1) is 11.6. The molecule has 8 heteroatoms. The second kappa shape index (κ2) is 7.45. The number of ether oxygens (including phenoxy) is 1. The molecule has 1 aromatic rings. The lowest BCUT2D eigenvalue weighted by molar-refractivity contribution is -0.186. The van der Waals surface area contributed by atoms with Crippen LogP contribution < -0.4 is 5.32 Å². The average molecular weight is 357 g/mol. The third-order valence-corrected chi connectivity index (χ3v) is 3.90. The number of benzene rings is 1. The molecule has 2 rings (SSSR count). The van der Waals surface area contributed by atoms with Crippen molar-refractivity contribution < 1.29 is 22.7 Å². The molecule has 138 valence electrons. The first-order valence-corrected chi connectivity index (χ1v) is 7.86. The summed E-state index contributed by atoms with van der Waals surface area (Å²) in [5.41, 5.74) is 0.790. The molecule has 0 fully saturated rings. The molecule has 1 atom stereocenters. The fourth-order valence-electron chi connectivity index (χ4n) is 2.54. The van der Waals surface area contributed by atoms with Gasteiger partial charge in [-0.1, -0.05) is 18.2 Å². The van der Waals surface area contributed by atoms with Crippen LogP contribution in [0.2, 0.25) is 0 Å². The predicted octanol–water partition coefficient (Wildman–Crippen LogP) is 3.16.